The molecule has 2 heteroatoms. The average Bonchev–Trinajstić information content (AvgIpc) is 2.47. The minimum absolute atomic E-state index is 0.320. The van der Waals surface area contributed by atoms with Crippen molar-refractivity contribution in [2.45, 2.75) is 63.7 Å². The summed E-state index contributed by atoms with van der Waals surface area (Å²) in [5, 5.41) is 0. The number of fused-ring (bicyclic) bond motifs is 1. The number of benzene rings is 1. The fraction of sp³-hybridized carbons (Fsp3) is 0.632. The molecule has 1 heterocycles. The first-order chi connectivity index (χ1) is 10.3. The summed E-state index contributed by atoms with van der Waals surface area (Å²) >= 11 is 0. The minimum Gasteiger partial charge on any atom is -0.493 e. The number of carbonyl (C=O) groups is 1. The molecule has 0 saturated heterocycles. The predicted molar refractivity (Wildman–Crippen MR) is 84.7 cm³/mol. The van der Waals surface area contributed by atoms with Gasteiger partial charge in [-0.05, 0) is 36.8 Å². The van der Waals surface area contributed by atoms with Crippen LogP contribution in [0.25, 0.3) is 0 Å². The van der Waals surface area contributed by atoms with E-state index in [2.05, 4.69) is 12.1 Å². The average molecular weight is 286 g/mol. The van der Waals surface area contributed by atoms with Crippen LogP contribution in [0.3, 0.4) is 0 Å². The van der Waals surface area contributed by atoms with Crippen molar-refractivity contribution in [2.24, 2.45) is 5.92 Å². The van der Waals surface area contributed by atoms with Gasteiger partial charge in [0, 0.05) is 12.3 Å². The van der Waals surface area contributed by atoms with Crippen molar-refractivity contribution >= 4 is 5.78 Å². The lowest BCUT2D eigenvalue weighted by molar-refractivity contribution is -0.124. The van der Waals surface area contributed by atoms with Crippen LogP contribution in [0.1, 0.15) is 69.3 Å². The fourth-order valence-electron chi connectivity index (χ4n) is 3.82. The van der Waals surface area contributed by atoms with Crippen LogP contribution in [0.2, 0.25) is 0 Å². The van der Waals surface area contributed by atoms with Crippen molar-refractivity contribution in [1.82, 2.24) is 0 Å². The molecule has 0 radical (unpaired) electrons. The van der Waals surface area contributed by atoms with Gasteiger partial charge in [-0.3, -0.25) is 4.79 Å². The molecule has 0 amide bonds. The molecule has 21 heavy (non-hydrogen) atoms. The van der Waals surface area contributed by atoms with Gasteiger partial charge < -0.3 is 4.74 Å². The second kappa shape index (κ2) is 7.11. The Bertz CT molecular complexity index is 472. The van der Waals surface area contributed by atoms with E-state index in [0.29, 0.717) is 24.0 Å². The summed E-state index contributed by atoms with van der Waals surface area (Å²) in [6.45, 7) is 0.750. The predicted octanol–water partition coefficient (Wildman–Crippen LogP) is 4.87. The molecule has 0 spiro atoms. The monoisotopic (exact) mass is 286 g/mol. The van der Waals surface area contributed by atoms with E-state index in [0.717, 1.165) is 31.6 Å². The summed E-state index contributed by atoms with van der Waals surface area (Å²) in [7, 11) is 0. The van der Waals surface area contributed by atoms with Crippen LogP contribution < -0.4 is 4.74 Å². The summed E-state index contributed by atoms with van der Waals surface area (Å²) in [6.07, 6.45) is 10.4. The molecular weight excluding hydrogens is 260 g/mol. The zero-order chi connectivity index (χ0) is 14.5. The Morgan fingerprint density at radius 2 is 1.71 bits per heavy atom. The molecule has 1 atom stereocenters. The summed E-state index contributed by atoms with van der Waals surface area (Å²) in [5.41, 5.74) is 1.24. The lowest BCUT2D eigenvalue weighted by Crippen LogP contribution is -2.22. The second-order valence-corrected chi connectivity index (χ2v) is 6.58. The van der Waals surface area contributed by atoms with Gasteiger partial charge in [0.25, 0.3) is 0 Å². The molecule has 114 valence electrons. The molecule has 1 aliphatic carbocycles. The number of carbonyl (C=O) groups excluding carboxylic acids is 1. The van der Waals surface area contributed by atoms with E-state index in [4.69, 9.17) is 4.74 Å². The van der Waals surface area contributed by atoms with Crippen LogP contribution in [0, 0.1) is 5.92 Å². The highest BCUT2D eigenvalue weighted by atomic mass is 16.5. The van der Waals surface area contributed by atoms with Crippen LogP contribution in [0.15, 0.2) is 24.3 Å². The number of ether oxygens (including phenoxy) is 1. The fourth-order valence-corrected chi connectivity index (χ4v) is 3.82. The third-order valence-electron chi connectivity index (χ3n) is 5.09. The van der Waals surface area contributed by atoms with Crippen molar-refractivity contribution in [2.75, 3.05) is 6.61 Å². The zero-order valence-electron chi connectivity index (χ0n) is 12.9. The molecule has 1 aromatic carbocycles. The van der Waals surface area contributed by atoms with Gasteiger partial charge in [0.1, 0.15) is 11.5 Å². The number of rotatable bonds is 3. The van der Waals surface area contributed by atoms with E-state index in [9.17, 15) is 4.79 Å². The Labute approximate surface area is 127 Å². The van der Waals surface area contributed by atoms with E-state index < -0.39 is 0 Å². The first-order valence-electron chi connectivity index (χ1n) is 8.59. The van der Waals surface area contributed by atoms with Gasteiger partial charge in [-0.1, -0.05) is 50.3 Å². The molecule has 3 rings (SSSR count). The van der Waals surface area contributed by atoms with Gasteiger partial charge in [-0.15, -0.1) is 0 Å². The normalized spacial score (nSPS) is 23.5. The lowest BCUT2D eigenvalue weighted by atomic mass is 9.81. The van der Waals surface area contributed by atoms with Crippen LogP contribution in [0.4, 0.5) is 0 Å². The zero-order valence-corrected chi connectivity index (χ0v) is 12.9. The first kappa shape index (κ1) is 14.6. The Balaban J connectivity index is 1.64. The van der Waals surface area contributed by atoms with Crippen molar-refractivity contribution < 1.29 is 9.53 Å². The molecule has 1 unspecified atom stereocenters. The molecule has 1 saturated carbocycles. The van der Waals surface area contributed by atoms with Gasteiger partial charge >= 0.3 is 0 Å². The van der Waals surface area contributed by atoms with Crippen LogP contribution in [0.5, 0.6) is 5.75 Å². The van der Waals surface area contributed by atoms with Crippen LogP contribution >= 0.6 is 0 Å². The van der Waals surface area contributed by atoms with Crippen molar-refractivity contribution in [1.29, 1.82) is 0 Å². The third kappa shape index (κ3) is 3.66. The number of hydrogen-bond acceptors (Lipinski definition) is 2. The minimum atomic E-state index is 0.320. The highest BCUT2D eigenvalue weighted by Crippen LogP contribution is 2.37. The third-order valence-corrected chi connectivity index (χ3v) is 5.09. The van der Waals surface area contributed by atoms with Crippen LogP contribution in [-0.4, -0.2) is 12.4 Å². The summed E-state index contributed by atoms with van der Waals surface area (Å²) < 4.78 is 5.71. The Morgan fingerprint density at radius 3 is 2.52 bits per heavy atom. The molecule has 2 nitrogen and oxygen atoms in total. The van der Waals surface area contributed by atoms with Crippen LogP contribution in [-0.2, 0) is 4.79 Å². The van der Waals surface area contributed by atoms with Gasteiger partial charge in [0.2, 0.25) is 0 Å². The quantitative estimate of drug-likeness (QED) is 0.792. The smallest absolute Gasteiger partial charge is 0.136 e. The molecule has 1 fully saturated rings. The SMILES string of the molecule is O=C(CC1CCOc2ccccc21)C1CCCCCCC1. The number of ketones is 1. The molecular formula is C19H26O2. The topological polar surface area (TPSA) is 26.3 Å². The summed E-state index contributed by atoms with van der Waals surface area (Å²) in [5.74, 6) is 2.17. The van der Waals surface area contributed by atoms with E-state index in [1.54, 1.807) is 0 Å². The van der Waals surface area contributed by atoms with E-state index in [1.807, 2.05) is 12.1 Å². The molecule has 0 aromatic heterocycles. The Kier molecular flexibility index (Phi) is 4.95. The number of hydrogen-bond donors (Lipinski definition) is 0. The second-order valence-electron chi connectivity index (χ2n) is 6.58. The summed E-state index contributed by atoms with van der Waals surface area (Å²) in [6, 6.07) is 8.23. The maximum atomic E-state index is 12.7. The van der Waals surface area contributed by atoms with Crippen molar-refractivity contribution in [3.63, 3.8) is 0 Å². The van der Waals surface area contributed by atoms with Gasteiger partial charge in [-0.2, -0.15) is 0 Å². The standard InChI is InChI=1S/C19H26O2/c20-18(15-8-4-2-1-3-5-9-15)14-16-12-13-21-19-11-7-6-10-17(16)19/h6-7,10-11,15-16H,1-5,8-9,12-14H2. The highest BCUT2D eigenvalue weighted by molar-refractivity contribution is 5.82. The van der Waals surface area contributed by atoms with Gasteiger partial charge in [0.05, 0.1) is 6.61 Å². The van der Waals surface area contributed by atoms with Crippen molar-refractivity contribution in [3.05, 3.63) is 29.8 Å². The summed E-state index contributed by atoms with van der Waals surface area (Å²) in [4.78, 5) is 12.7. The Morgan fingerprint density at radius 1 is 1.00 bits per heavy atom. The molecule has 2 aliphatic rings. The van der Waals surface area contributed by atoms with E-state index in [-0.39, 0.29) is 0 Å². The maximum Gasteiger partial charge on any atom is 0.136 e. The Hall–Kier alpha value is -1.31. The number of para-hydroxylation sites is 1. The van der Waals surface area contributed by atoms with E-state index >= 15 is 0 Å². The van der Waals surface area contributed by atoms with Gasteiger partial charge in [-0.25, -0.2) is 0 Å². The maximum absolute atomic E-state index is 12.7. The molecule has 1 aromatic rings. The van der Waals surface area contributed by atoms with E-state index in [1.165, 1.54) is 37.7 Å². The molecule has 1 aliphatic heterocycles. The first-order valence-corrected chi connectivity index (χ1v) is 8.59. The number of Topliss-reactive ketones (excluding diaryl/α,β-unsaturated/α-hetero) is 1. The lowest BCUT2D eigenvalue weighted by Gasteiger charge is -2.27. The highest BCUT2D eigenvalue weighted by Gasteiger charge is 2.27. The largest absolute Gasteiger partial charge is 0.493 e. The van der Waals surface area contributed by atoms with Crippen molar-refractivity contribution in [3.8, 4) is 5.75 Å². The molecule has 0 N–H and O–H groups in total. The molecule has 0 bridgehead atoms. The van der Waals surface area contributed by atoms with Gasteiger partial charge in [0.15, 0.2) is 0 Å².